The highest BCUT2D eigenvalue weighted by molar-refractivity contribution is 7.91. The number of ether oxygens (including phenoxy) is 1. The molecule has 0 saturated carbocycles. The van der Waals surface area contributed by atoms with E-state index in [4.69, 9.17) is 4.74 Å². The molecule has 2 aliphatic rings. The van der Waals surface area contributed by atoms with Crippen molar-refractivity contribution in [3.05, 3.63) is 59.0 Å². The fourth-order valence-corrected chi connectivity index (χ4v) is 5.44. The molecule has 28 heavy (non-hydrogen) atoms. The summed E-state index contributed by atoms with van der Waals surface area (Å²) < 4.78 is 46.8. The van der Waals surface area contributed by atoms with E-state index in [1.807, 2.05) is 29.8 Å². The maximum Gasteiger partial charge on any atom is 0.177 e. The first-order valence-electron chi connectivity index (χ1n) is 9.03. The van der Waals surface area contributed by atoms with Gasteiger partial charge >= 0.3 is 0 Å². The van der Waals surface area contributed by atoms with Gasteiger partial charge in [-0.25, -0.2) is 12.8 Å². The van der Waals surface area contributed by atoms with Crippen molar-refractivity contribution >= 4 is 27.0 Å². The lowest BCUT2D eigenvalue weighted by atomic mass is 9.84. The van der Waals surface area contributed by atoms with Crippen LogP contribution in [0.1, 0.15) is 23.7 Å². The summed E-state index contributed by atoms with van der Waals surface area (Å²) in [7, 11) is -3.52. The number of benzene rings is 2. The van der Waals surface area contributed by atoms with Gasteiger partial charge in [-0.15, -0.1) is 0 Å². The molecule has 1 saturated heterocycles. The molecular formula is C21H19FN2O3S. The molecule has 0 aliphatic carbocycles. The quantitative estimate of drug-likeness (QED) is 0.679. The summed E-state index contributed by atoms with van der Waals surface area (Å²) in [6.45, 7) is 3.43. The van der Waals surface area contributed by atoms with Gasteiger partial charge < -0.3 is 9.30 Å². The Morgan fingerprint density at radius 1 is 1.18 bits per heavy atom. The van der Waals surface area contributed by atoms with Crippen molar-refractivity contribution in [2.45, 2.75) is 23.8 Å². The van der Waals surface area contributed by atoms with Crippen molar-refractivity contribution in [1.29, 1.82) is 0 Å². The first kappa shape index (κ1) is 17.6. The zero-order valence-corrected chi connectivity index (χ0v) is 16.4. The van der Waals surface area contributed by atoms with Gasteiger partial charge in [-0.05, 0) is 54.4 Å². The highest BCUT2D eigenvalue weighted by Crippen LogP contribution is 2.44. The normalized spacial score (nSPS) is 17.7. The second kappa shape index (κ2) is 5.75. The molecule has 3 aromatic rings. The Morgan fingerprint density at radius 2 is 1.89 bits per heavy atom. The first-order chi connectivity index (χ1) is 13.3. The largest absolute Gasteiger partial charge is 0.379 e. The molecule has 1 aromatic heterocycles. The van der Waals surface area contributed by atoms with Gasteiger partial charge in [-0.1, -0.05) is 0 Å². The number of sulfone groups is 1. The van der Waals surface area contributed by atoms with Gasteiger partial charge in [0.25, 0.3) is 0 Å². The number of aromatic nitrogens is 1. The van der Waals surface area contributed by atoms with Gasteiger partial charge in [0.2, 0.25) is 0 Å². The van der Waals surface area contributed by atoms with E-state index < -0.39 is 15.3 Å². The monoisotopic (exact) mass is 398 g/mol. The van der Waals surface area contributed by atoms with Crippen LogP contribution in [0.5, 0.6) is 0 Å². The molecule has 3 heterocycles. The minimum atomic E-state index is -3.52. The zero-order valence-electron chi connectivity index (χ0n) is 15.6. The van der Waals surface area contributed by atoms with Crippen molar-refractivity contribution in [3.63, 3.8) is 0 Å². The lowest BCUT2D eigenvalue weighted by Gasteiger charge is -2.39. The van der Waals surface area contributed by atoms with Crippen LogP contribution in [-0.4, -0.2) is 38.7 Å². The average molecular weight is 398 g/mol. The lowest BCUT2D eigenvalue weighted by Crippen LogP contribution is -2.46. The molecule has 0 bridgehead atoms. The van der Waals surface area contributed by atoms with E-state index in [9.17, 15) is 12.8 Å². The maximum absolute atomic E-state index is 13.6. The Bertz CT molecular complexity index is 1250. The predicted octanol–water partition coefficient (Wildman–Crippen LogP) is 3.39. The molecule has 0 radical (unpaired) electrons. The minimum absolute atomic E-state index is 0.326. The summed E-state index contributed by atoms with van der Waals surface area (Å²) in [6, 6.07) is 10.0. The average Bonchev–Trinajstić information content (AvgIpc) is 3.19. The van der Waals surface area contributed by atoms with Crippen LogP contribution in [0.15, 0.2) is 46.3 Å². The van der Waals surface area contributed by atoms with Crippen molar-refractivity contribution < 1.29 is 17.5 Å². The van der Waals surface area contributed by atoms with E-state index >= 15 is 0 Å². The zero-order chi connectivity index (χ0) is 19.7. The highest BCUT2D eigenvalue weighted by Gasteiger charge is 2.43. The Kier molecular flexibility index (Phi) is 3.61. The smallest absolute Gasteiger partial charge is 0.177 e. The molecule has 0 amide bonds. The molecule has 0 spiro atoms. The predicted molar refractivity (Wildman–Crippen MR) is 106 cm³/mol. The van der Waals surface area contributed by atoms with Gasteiger partial charge in [-0.2, -0.15) is 0 Å². The van der Waals surface area contributed by atoms with Crippen LogP contribution < -0.4 is 0 Å². The van der Waals surface area contributed by atoms with E-state index in [2.05, 4.69) is 4.99 Å². The van der Waals surface area contributed by atoms with E-state index in [-0.39, 0.29) is 5.82 Å². The molecular weight excluding hydrogens is 379 g/mol. The number of hydrogen-bond acceptors (Lipinski definition) is 4. The number of aliphatic imine (C=N–C) groups is 1. The Labute approximate surface area is 162 Å². The third-order valence-electron chi connectivity index (χ3n) is 5.54. The summed E-state index contributed by atoms with van der Waals surface area (Å²) in [5.74, 6) is -0.337. The molecule has 2 aliphatic heterocycles. The van der Waals surface area contributed by atoms with Crippen LogP contribution in [0, 0.1) is 5.82 Å². The molecule has 5 rings (SSSR count). The summed E-state index contributed by atoms with van der Waals surface area (Å²) in [5.41, 5.74) is 3.75. The van der Waals surface area contributed by atoms with Crippen molar-refractivity contribution in [1.82, 2.24) is 4.57 Å². The fraction of sp³-hybridized carbons (Fsp3) is 0.286. The second-order valence-electron chi connectivity index (χ2n) is 7.85. The van der Waals surface area contributed by atoms with Gasteiger partial charge in [0.05, 0.1) is 41.3 Å². The van der Waals surface area contributed by atoms with E-state index in [0.717, 1.165) is 22.3 Å². The molecule has 5 nitrogen and oxygen atoms in total. The SMILES string of the molecule is CC1(c2c(S(C)(=O)=O)c3cc4c(cc3n2-c2ccc(F)cc2)C=NC4)COC1. The highest BCUT2D eigenvalue weighted by atomic mass is 32.2. The topological polar surface area (TPSA) is 60.7 Å². The summed E-state index contributed by atoms with van der Waals surface area (Å²) >= 11 is 0. The number of fused-ring (bicyclic) bond motifs is 2. The van der Waals surface area contributed by atoms with Gasteiger partial charge in [0, 0.05) is 23.5 Å². The van der Waals surface area contributed by atoms with Gasteiger partial charge in [0.15, 0.2) is 9.84 Å². The van der Waals surface area contributed by atoms with E-state index in [1.54, 1.807) is 12.1 Å². The van der Waals surface area contributed by atoms with Crippen molar-refractivity contribution in [2.75, 3.05) is 19.5 Å². The molecule has 144 valence electrons. The van der Waals surface area contributed by atoms with Crippen molar-refractivity contribution in [3.8, 4) is 5.69 Å². The molecule has 7 heteroatoms. The number of rotatable bonds is 3. The number of halogens is 1. The number of hydrogen-bond donors (Lipinski definition) is 0. The lowest BCUT2D eigenvalue weighted by molar-refractivity contribution is -0.0540. The van der Waals surface area contributed by atoms with Crippen LogP contribution in [0.25, 0.3) is 16.6 Å². The van der Waals surface area contributed by atoms with Crippen LogP contribution in [0.4, 0.5) is 4.39 Å². The summed E-state index contributed by atoms with van der Waals surface area (Å²) in [4.78, 5) is 4.63. The molecule has 0 atom stereocenters. The van der Waals surface area contributed by atoms with Gasteiger partial charge in [-0.3, -0.25) is 4.99 Å². The summed E-state index contributed by atoms with van der Waals surface area (Å²) in [5, 5.41) is 0.680. The van der Waals surface area contributed by atoms with Gasteiger partial charge in [0.1, 0.15) is 5.82 Å². The minimum Gasteiger partial charge on any atom is -0.379 e. The first-order valence-corrected chi connectivity index (χ1v) is 10.9. The molecule has 0 N–H and O–H groups in total. The van der Waals surface area contributed by atoms with Crippen LogP contribution >= 0.6 is 0 Å². The fourth-order valence-electron chi connectivity index (χ4n) is 4.19. The summed E-state index contributed by atoms with van der Waals surface area (Å²) in [6.07, 6.45) is 3.05. The molecule has 1 fully saturated rings. The number of nitrogens with zero attached hydrogens (tertiary/aromatic N) is 2. The Hall–Kier alpha value is -2.51. The Morgan fingerprint density at radius 3 is 2.50 bits per heavy atom. The third kappa shape index (κ3) is 2.46. The van der Waals surface area contributed by atoms with Crippen LogP contribution in [-0.2, 0) is 26.5 Å². The standard InChI is InChI=1S/C21H19FN2O3S/c1-21(11-27-12-21)20-19(28(2,25)26)17-7-13-9-23-10-14(13)8-18(17)24(20)16-5-3-15(22)4-6-16/h3-8,10H,9,11-12H2,1-2H3. The van der Waals surface area contributed by atoms with Crippen LogP contribution in [0.3, 0.4) is 0 Å². The Balaban J connectivity index is 1.97. The second-order valence-corrected chi connectivity index (χ2v) is 9.81. The van der Waals surface area contributed by atoms with Crippen LogP contribution in [0.2, 0.25) is 0 Å². The third-order valence-corrected chi connectivity index (χ3v) is 6.70. The molecule has 2 aromatic carbocycles. The van der Waals surface area contributed by atoms with E-state index in [1.165, 1.54) is 18.4 Å². The van der Waals surface area contributed by atoms with Crippen molar-refractivity contribution in [2.24, 2.45) is 4.99 Å². The molecule has 0 unspecified atom stereocenters. The van der Waals surface area contributed by atoms with E-state index in [0.29, 0.717) is 35.7 Å². The maximum atomic E-state index is 13.6.